The molecule has 0 saturated carbocycles. The first-order valence-corrected chi connectivity index (χ1v) is 9.14. The fourth-order valence-electron chi connectivity index (χ4n) is 3.01. The molecule has 5 heteroatoms. The Morgan fingerprint density at radius 3 is 1.85 bits per heavy atom. The van der Waals surface area contributed by atoms with Crippen LogP contribution in [0.2, 0.25) is 0 Å². The van der Waals surface area contributed by atoms with E-state index in [1.54, 1.807) is 7.11 Å². The quantitative estimate of drug-likeness (QED) is 0.595. The van der Waals surface area contributed by atoms with E-state index in [1.165, 1.54) is 0 Å². The summed E-state index contributed by atoms with van der Waals surface area (Å²) in [7, 11) is 1.54. The van der Waals surface area contributed by atoms with Gasteiger partial charge in [0.1, 0.15) is 18.5 Å². The van der Waals surface area contributed by atoms with E-state index in [2.05, 4.69) is 13.8 Å². The Balaban J connectivity index is 2.09. The lowest BCUT2D eigenvalue weighted by Gasteiger charge is -2.27. The van der Waals surface area contributed by atoms with Crippen molar-refractivity contribution in [1.82, 2.24) is 0 Å². The number of ether oxygens (including phenoxy) is 2. The van der Waals surface area contributed by atoms with Crippen molar-refractivity contribution in [3.63, 3.8) is 0 Å². The minimum Gasteiger partial charge on any atom is -0.491 e. The summed E-state index contributed by atoms with van der Waals surface area (Å²) in [5.74, 6) is 0.459. The normalized spacial score (nSPS) is 13.0. The predicted molar refractivity (Wildman–Crippen MR) is 105 cm³/mol. The number of aliphatic hydroxyl groups is 3. The molecule has 3 N–H and O–H groups in total. The zero-order valence-corrected chi connectivity index (χ0v) is 16.3. The minimum absolute atomic E-state index is 0.0697. The van der Waals surface area contributed by atoms with E-state index < -0.39 is 6.10 Å². The molecule has 5 nitrogen and oxygen atoms in total. The summed E-state index contributed by atoms with van der Waals surface area (Å²) in [6.45, 7) is 4.59. The number of benzene rings is 2. The summed E-state index contributed by atoms with van der Waals surface area (Å²) in [4.78, 5) is 0. The molecule has 2 aromatic rings. The molecule has 1 unspecified atom stereocenters. The first-order chi connectivity index (χ1) is 12.9. The van der Waals surface area contributed by atoms with Crippen LogP contribution in [-0.2, 0) is 10.2 Å². The highest BCUT2D eigenvalue weighted by Crippen LogP contribution is 2.33. The summed E-state index contributed by atoms with van der Waals surface area (Å²) in [6.07, 6.45) is -0.647. The van der Waals surface area contributed by atoms with Crippen molar-refractivity contribution in [3.05, 3.63) is 65.2 Å². The van der Waals surface area contributed by atoms with Gasteiger partial charge >= 0.3 is 0 Å². The molecule has 27 heavy (non-hydrogen) atoms. The van der Waals surface area contributed by atoms with Crippen molar-refractivity contribution in [3.8, 4) is 5.75 Å². The molecule has 2 aromatic carbocycles. The molecule has 148 valence electrons. The molecule has 0 aliphatic carbocycles. The van der Waals surface area contributed by atoms with Crippen molar-refractivity contribution in [1.29, 1.82) is 0 Å². The molecule has 0 bridgehead atoms. The minimum atomic E-state index is -0.647. The first kappa shape index (κ1) is 21.4. The van der Waals surface area contributed by atoms with Gasteiger partial charge in [-0.3, -0.25) is 0 Å². The smallest absolute Gasteiger partial charge is 0.119 e. The molecule has 0 aromatic heterocycles. The Hall–Kier alpha value is -1.92. The zero-order valence-electron chi connectivity index (χ0n) is 16.3. The Kier molecular flexibility index (Phi) is 7.80. The van der Waals surface area contributed by atoms with Gasteiger partial charge in [-0.05, 0) is 28.8 Å². The largest absolute Gasteiger partial charge is 0.491 e. The number of hydrogen-bond acceptors (Lipinski definition) is 5. The van der Waals surface area contributed by atoms with E-state index in [0.717, 1.165) is 16.7 Å². The van der Waals surface area contributed by atoms with Gasteiger partial charge in [-0.1, -0.05) is 50.2 Å². The maximum atomic E-state index is 9.66. The van der Waals surface area contributed by atoms with Crippen molar-refractivity contribution >= 4 is 0 Å². The van der Waals surface area contributed by atoms with E-state index in [1.807, 2.05) is 48.5 Å². The number of rotatable bonds is 10. The fourth-order valence-corrected chi connectivity index (χ4v) is 3.01. The van der Waals surface area contributed by atoms with Gasteiger partial charge in [0, 0.05) is 18.4 Å². The highest BCUT2D eigenvalue weighted by Gasteiger charge is 2.23. The van der Waals surface area contributed by atoms with Crippen LogP contribution in [0.15, 0.2) is 48.5 Å². The maximum absolute atomic E-state index is 9.66. The van der Waals surface area contributed by atoms with Crippen LogP contribution in [0.1, 0.15) is 36.5 Å². The van der Waals surface area contributed by atoms with Crippen molar-refractivity contribution in [2.24, 2.45) is 0 Å². The van der Waals surface area contributed by atoms with Gasteiger partial charge in [-0.2, -0.15) is 0 Å². The molecule has 0 amide bonds. The summed E-state index contributed by atoms with van der Waals surface area (Å²) in [5.41, 5.74) is 3.00. The molecule has 2 rings (SSSR count). The van der Waals surface area contributed by atoms with Crippen LogP contribution in [0, 0.1) is 0 Å². The summed E-state index contributed by atoms with van der Waals surface area (Å²) in [5, 5.41) is 28.3. The van der Waals surface area contributed by atoms with Crippen LogP contribution in [0.3, 0.4) is 0 Å². The van der Waals surface area contributed by atoms with Crippen molar-refractivity contribution in [2.75, 3.05) is 33.5 Å². The lowest BCUT2D eigenvalue weighted by atomic mass is 9.77. The Bertz CT molecular complexity index is 675. The van der Waals surface area contributed by atoms with E-state index in [-0.39, 0.29) is 37.8 Å². The third-order valence-corrected chi connectivity index (χ3v) is 4.92. The fraction of sp³-hybridized carbons (Fsp3) is 0.455. The molecule has 0 heterocycles. The molecular weight excluding hydrogens is 344 g/mol. The third-order valence-electron chi connectivity index (χ3n) is 4.92. The summed E-state index contributed by atoms with van der Waals surface area (Å²) in [6, 6.07) is 15.9. The van der Waals surface area contributed by atoms with E-state index >= 15 is 0 Å². The van der Waals surface area contributed by atoms with Crippen LogP contribution in [0.5, 0.6) is 5.75 Å². The van der Waals surface area contributed by atoms with Gasteiger partial charge in [0.2, 0.25) is 0 Å². The molecule has 1 atom stereocenters. The average molecular weight is 374 g/mol. The van der Waals surface area contributed by atoms with Gasteiger partial charge in [0.25, 0.3) is 0 Å². The van der Waals surface area contributed by atoms with E-state index in [4.69, 9.17) is 9.47 Å². The van der Waals surface area contributed by atoms with Gasteiger partial charge in [0.05, 0.1) is 19.8 Å². The SMILES string of the molecule is COCC(O)COc1ccc(C(C)(C)c2ccc(C(CO)CO)cc2)cc1. The highest BCUT2D eigenvalue weighted by molar-refractivity contribution is 5.41. The van der Waals surface area contributed by atoms with Crippen LogP contribution in [0.4, 0.5) is 0 Å². The standard InChI is InChI=1S/C22H30O5/c1-22(2,18-6-4-16(5-7-18)17(12-23)13-24)19-8-10-21(11-9-19)27-15-20(25)14-26-3/h4-11,17,20,23-25H,12-15H2,1-3H3. The third kappa shape index (κ3) is 5.53. The molecule has 0 aliphatic rings. The molecule has 0 spiro atoms. The Morgan fingerprint density at radius 2 is 1.37 bits per heavy atom. The Morgan fingerprint density at radius 1 is 0.852 bits per heavy atom. The van der Waals surface area contributed by atoms with E-state index in [9.17, 15) is 15.3 Å². The molecular formula is C22H30O5. The second-order valence-corrected chi connectivity index (χ2v) is 7.25. The second-order valence-electron chi connectivity index (χ2n) is 7.25. The molecule has 0 radical (unpaired) electrons. The van der Waals surface area contributed by atoms with Crippen molar-refractivity contribution in [2.45, 2.75) is 31.3 Å². The van der Waals surface area contributed by atoms with Crippen LogP contribution >= 0.6 is 0 Å². The monoisotopic (exact) mass is 374 g/mol. The van der Waals surface area contributed by atoms with E-state index in [0.29, 0.717) is 5.75 Å². The molecule has 0 saturated heterocycles. The lowest BCUT2D eigenvalue weighted by molar-refractivity contribution is 0.0325. The number of methoxy groups -OCH3 is 1. The van der Waals surface area contributed by atoms with Gasteiger partial charge in [0.15, 0.2) is 0 Å². The highest BCUT2D eigenvalue weighted by atomic mass is 16.5. The maximum Gasteiger partial charge on any atom is 0.119 e. The topological polar surface area (TPSA) is 79.2 Å². The Labute approximate surface area is 161 Å². The predicted octanol–water partition coefficient (Wildman–Crippen LogP) is 2.47. The lowest BCUT2D eigenvalue weighted by Crippen LogP contribution is -2.22. The summed E-state index contributed by atoms with van der Waals surface area (Å²) >= 11 is 0. The van der Waals surface area contributed by atoms with Gasteiger partial charge in [-0.25, -0.2) is 0 Å². The van der Waals surface area contributed by atoms with Crippen LogP contribution in [0.25, 0.3) is 0 Å². The van der Waals surface area contributed by atoms with Crippen LogP contribution < -0.4 is 4.74 Å². The zero-order chi connectivity index (χ0) is 19.9. The summed E-state index contributed by atoms with van der Waals surface area (Å²) < 4.78 is 10.5. The van der Waals surface area contributed by atoms with Crippen LogP contribution in [-0.4, -0.2) is 55.0 Å². The number of hydrogen-bond donors (Lipinski definition) is 3. The first-order valence-electron chi connectivity index (χ1n) is 9.14. The second kappa shape index (κ2) is 9.85. The average Bonchev–Trinajstić information content (AvgIpc) is 2.68. The molecule has 0 fully saturated rings. The van der Waals surface area contributed by atoms with Crippen molar-refractivity contribution < 1.29 is 24.8 Å². The molecule has 0 aliphatic heterocycles. The number of aliphatic hydroxyl groups excluding tert-OH is 3. The van der Waals surface area contributed by atoms with Gasteiger partial charge in [-0.15, -0.1) is 0 Å². The van der Waals surface area contributed by atoms with Gasteiger partial charge < -0.3 is 24.8 Å².